The third-order valence-electron chi connectivity index (χ3n) is 4.05. The van der Waals surface area contributed by atoms with Crippen LogP contribution in [0.2, 0.25) is 0 Å². The van der Waals surface area contributed by atoms with Crippen molar-refractivity contribution in [1.82, 2.24) is 0 Å². The zero-order chi connectivity index (χ0) is 12.4. The number of aliphatic hydroxyl groups is 2. The summed E-state index contributed by atoms with van der Waals surface area (Å²) in [5, 5.41) is 20.3. The van der Waals surface area contributed by atoms with Crippen molar-refractivity contribution in [2.45, 2.75) is 44.1 Å². The quantitative estimate of drug-likeness (QED) is 0.629. The molecular formula is C12H16O5. The second-order valence-corrected chi connectivity index (χ2v) is 5.19. The summed E-state index contributed by atoms with van der Waals surface area (Å²) >= 11 is 0. The number of ether oxygens (including phenoxy) is 2. The van der Waals surface area contributed by atoms with Crippen LogP contribution >= 0.6 is 0 Å². The fourth-order valence-electron chi connectivity index (χ4n) is 3.34. The highest BCUT2D eigenvalue weighted by Crippen LogP contribution is 2.54. The largest absolute Gasteiger partial charge is 0.387 e. The lowest BCUT2D eigenvalue weighted by molar-refractivity contribution is -0.445. The molecule has 0 aromatic heterocycles. The van der Waals surface area contributed by atoms with E-state index in [4.69, 9.17) is 9.47 Å². The van der Waals surface area contributed by atoms with Crippen molar-refractivity contribution in [2.24, 2.45) is 11.8 Å². The number of hydrogen-bond donors (Lipinski definition) is 2. The first-order valence-electron chi connectivity index (χ1n) is 5.87. The third-order valence-corrected chi connectivity index (χ3v) is 4.05. The number of ketones is 1. The number of hydrogen-bond acceptors (Lipinski definition) is 5. The molecule has 0 radical (unpaired) electrons. The molecule has 2 N–H and O–H groups in total. The number of aliphatic hydroxyl groups excluding tert-OH is 1. The molecule has 4 fully saturated rings. The molecule has 1 saturated carbocycles. The van der Waals surface area contributed by atoms with Crippen molar-refractivity contribution in [3.8, 4) is 0 Å². The van der Waals surface area contributed by atoms with E-state index in [1.54, 1.807) is 0 Å². The van der Waals surface area contributed by atoms with Gasteiger partial charge in [-0.1, -0.05) is 12.2 Å². The van der Waals surface area contributed by atoms with Crippen LogP contribution in [0.4, 0.5) is 0 Å². The van der Waals surface area contributed by atoms with E-state index in [0.29, 0.717) is 0 Å². The van der Waals surface area contributed by atoms with Crippen LogP contribution in [0.5, 0.6) is 0 Å². The first-order valence-corrected chi connectivity index (χ1v) is 5.87. The summed E-state index contributed by atoms with van der Waals surface area (Å²) in [4.78, 5) is 12.2. The average molecular weight is 240 g/mol. The molecule has 4 rings (SSSR count). The van der Waals surface area contributed by atoms with Gasteiger partial charge in [0.05, 0.1) is 12.0 Å². The second kappa shape index (κ2) is 3.17. The van der Waals surface area contributed by atoms with Gasteiger partial charge in [0.1, 0.15) is 6.10 Å². The van der Waals surface area contributed by atoms with Gasteiger partial charge in [0.15, 0.2) is 11.6 Å². The zero-order valence-corrected chi connectivity index (χ0v) is 9.79. The van der Waals surface area contributed by atoms with E-state index in [-0.39, 0.29) is 24.2 Å². The van der Waals surface area contributed by atoms with Crippen LogP contribution in [0.15, 0.2) is 12.2 Å². The Morgan fingerprint density at radius 2 is 2.24 bits per heavy atom. The molecular weight excluding hydrogens is 224 g/mol. The van der Waals surface area contributed by atoms with Crippen LogP contribution < -0.4 is 0 Å². The molecule has 17 heavy (non-hydrogen) atoms. The van der Waals surface area contributed by atoms with Gasteiger partial charge in [-0.2, -0.15) is 0 Å². The first kappa shape index (κ1) is 11.3. The molecule has 0 aromatic rings. The molecule has 3 saturated heterocycles. The molecule has 0 spiro atoms. The molecule has 94 valence electrons. The summed E-state index contributed by atoms with van der Waals surface area (Å²) in [7, 11) is 0. The Bertz CT molecular complexity index is 406. The minimum atomic E-state index is -1.64. The van der Waals surface area contributed by atoms with Crippen molar-refractivity contribution in [2.75, 3.05) is 0 Å². The molecule has 3 heterocycles. The van der Waals surface area contributed by atoms with Gasteiger partial charge in [-0.05, 0) is 13.8 Å². The van der Waals surface area contributed by atoms with Crippen molar-refractivity contribution in [3.63, 3.8) is 0 Å². The van der Waals surface area contributed by atoms with Gasteiger partial charge in [0.2, 0.25) is 5.79 Å². The minimum absolute atomic E-state index is 0.181. The summed E-state index contributed by atoms with van der Waals surface area (Å²) in [6.45, 7) is 3.37. The van der Waals surface area contributed by atoms with Gasteiger partial charge >= 0.3 is 0 Å². The van der Waals surface area contributed by atoms with Gasteiger partial charge in [0, 0.05) is 12.3 Å². The molecule has 4 aliphatic rings. The maximum absolute atomic E-state index is 12.2. The minimum Gasteiger partial charge on any atom is -0.387 e. The van der Waals surface area contributed by atoms with Crippen LogP contribution in [0.3, 0.4) is 0 Å². The average Bonchev–Trinajstić information content (AvgIpc) is 2.23. The third kappa shape index (κ3) is 1.25. The smallest absolute Gasteiger partial charge is 0.229 e. The summed E-state index contributed by atoms with van der Waals surface area (Å²) in [5.74, 6) is -4.15. The van der Waals surface area contributed by atoms with Gasteiger partial charge in [-0.25, -0.2) is 0 Å². The Kier molecular flexibility index (Phi) is 2.12. The normalized spacial score (nSPS) is 57.1. The van der Waals surface area contributed by atoms with E-state index >= 15 is 0 Å². The van der Waals surface area contributed by atoms with Crippen LogP contribution in [0, 0.1) is 11.8 Å². The van der Waals surface area contributed by atoms with Crippen LogP contribution in [-0.4, -0.2) is 39.8 Å². The molecule has 0 aromatic carbocycles. The molecule has 0 amide bonds. The Balaban J connectivity index is 2.07. The van der Waals surface area contributed by atoms with E-state index in [9.17, 15) is 15.0 Å². The number of rotatable bonds is 1. The predicted octanol–water partition coefficient (Wildman–Crippen LogP) is -0.0376. The zero-order valence-electron chi connectivity index (χ0n) is 9.79. The Labute approximate surface area is 99.0 Å². The van der Waals surface area contributed by atoms with E-state index in [0.717, 1.165) is 0 Å². The summed E-state index contributed by atoms with van der Waals surface area (Å²) in [5.41, 5.74) is 0. The van der Waals surface area contributed by atoms with Gasteiger partial charge in [0.25, 0.3) is 0 Å². The van der Waals surface area contributed by atoms with Gasteiger partial charge in [-0.15, -0.1) is 0 Å². The lowest BCUT2D eigenvalue weighted by atomic mass is 9.64. The van der Waals surface area contributed by atoms with Crippen LogP contribution in [0.25, 0.3) is 0 Å². The van der Waals surface area contributed by atoms with E-state index in [2.05, 4.69) is 0 Å². The number of Topliss-reactive ketones (excluding diaryl/α,β-unsaturated/α-hetero) is 1. The van der Waals surface area contributed by atoms with Crippen LogP contribution in [-0.2, 0) is 14.3 Å². The standard InChI is InChI=1S/C12H16O5/c1-3-4-6-7-5-12(15)10(14)8(6)9(13)11(2,16-7)17-12/h3-4,6-8,10,14-15H,5H2,1-2H3/b4-3+/t6-,7?,8?,10-,11?,12+/m1/s1. The van der Waals surface area contributed by atoms with E-state index in [1.165, 1.54) is 6.92 Å². The monoisotopic (exact) mass is 240 g/mol. The van der Waals surface area contributed by atoms with Crippen molar-refractivity contribution >= 4 is 5.78 Å². The number of carbonyl (C=O) groups is 1. The molecule has 5 heteroatoms. The lowest BCUT2D eigenvalue weighted by Crippen LogP contribution is -2.76. The van der Waals surface area contributed by atoms with Crippen molar-refractivity contribution < 1.29 is 24.5 Å². The SMILES string of the molecule is C/C=C/[C@@H]1C2C[C@]3(O)OC(C)(O2)C(=O)C1[C@H]3O. The maximum atomic E-state index is 12.2. The summed E-state index contributed by atoms with van der Waals surface area (Å²) in [6.07, 6.45) is 2.44. The Morgan fingerprint density at radius 3 is 2.88 bits per heavy atom. The number of allylic oxidation sites excluding steroid dienone is 1. The van der Waals surface area contributed by atoms with Gasteiger partial charge in [-0.3, -0.25) is 4.79 Å². The topological polar surface area (TPSA) is 76.0 Å². The Morgan fingerprint density at radius 1 is 1.53 bits per heavy atom. The first-order chi connectivity index (χ1) is 7.91. The van der Waals surface area contributed by atoms with Crippen LogP contribution in [0.1, 0.15) is 20.3 Å². The molecule has 4 bridgehead atoms. The molecule has 6 atom stereocenters. The second-order valence-electron chi connectivity index (χ2n) is 5.19. The highest BCUT2D eigenvalue weighted by atomic mass is 16.8. The molecule has 5 nitrogen and oxygen atoms in total. The highest BCUT2D eigenvalue weighted by Gasteiger charge is 2.70. The number of carbonyl (C=O) groups excluding carboxylic acids is 1. The van der Waals surface area contributed by atoms with Crippen molar-refractivity contribution in [3.05, 3.63) is 12.2 Å². The summed E-state index contributed by atoms with van der Waals surface area (Å²) in [6, 6.07) is 0. The molecule has 1 aliphatic carbocycles. The van der Waals surface area contributed by atoms with E-state index in [1.807, 2.05) is 19.1 Å². The van der Waals surface area contributed by atoms with Crippen molar-refractivity contribution in [1.29, 1.82) is 0 Å². The molecule has 3 unspecified atom stereocenters. The predicted molar refractivity (Wildman–Crippen MR) is 56.7 cm³/mol. The fraction of sp³-hybridized carbons (Fsp3) is 0.750. The maximum Gasteiger partial charge on any atom is 0.229 e. The lowest BCUT2D eigenvalue weighted by Gasteiger charge is -2.61. The summed E-state index contributed by atoms with van der Waals surface area (Å²) < 4.78 is 10.9. The van der Waals surface area contributed by atoms with E-state index < -0.39 is 23.6 Å². The Hall–Kier alpha value is -0.750. The highest BCUT2D eigenvalue weighted by molar-refractivity contribution is 5.90. The fourth-order valence-corrected chi connectivity index (χ4v) is 3.34. The van der Waals surface area contributed by atoms with Gasteiger partial charge < -0.3 is 19.7 Å². The molecule has 3 aliphatic heterocycles.